The summed E-state index contributed by atoms with van der Waals surface area (Å²) in [5, 5.41) is 4.34. The highest BCUT2D eigenvalue weighted by atomic mass is 35.5. The zero-order valence-corrected chi connectivity index (χ0v) is 11.1. The lowest BCUT2D eigenvalue weighted by molar-refractivity contribution is 0.536. The van der Waals surface area contributed by atoms with Crippen LogP contribution in [0.3, 0.4) is 0 Å². The highest BCUT2D eigenvalue weighted by Crippen LogP contribution is 2.15. The van der Waals surface area contributed by atoms with Crippen LogP contribution >= 0.6 is 11.6 Å². The zero-order valence-electron chi connectivity index (χ0n) is 10.3. The van der Waals surface area contributed by atoms with Crippen LogP contribution < -0.4 is 5.32 Å². The van der Waals surface area contributed by atoms with Crippen LogP contribution in [0.4, 0.5) is 0 Å². The molecule has 1 rings (SSSR count). The Kier molecular flexibility index (Phi) is 6.51. The van der Waals surface area contributed by atoms with E-state index in [0.29, 0.717) is 6.04 Å². The van der Waals surface area contributed by atoms with Gasteiger partial charge < -0.3 is 5.32 Å². The van der Waals surface area contributed by atoms with Crippen LogP contribution in [0.1, 0.15) is 51.1 Å². The summed E-state index contributed by atoms with van der Waals surface area (Å²) in [6.07, 6.45) is 5.24. The third kappa shape index (κ3) is 5.00. The van der Waals surface area contributed by atoms with Gasteiger partial charge in [0.25, 0.3) is 0 Å². The minimum absolute atomic E-state index is 0.416. The largest absolute Gasteiger partial charge is 0.310 e. The molecule has 2 heteroatoms. The molecule has 1 aromatic carbocycles. The van der Waals surface area contributed by atoms with E-state index in [4.69, 9.17) is 11.6 Å². The topological polar surface area (TPSA) is 12.0 Å². The lowest BCUT2D eigenvalue weighted by Gasteiger charge is -2.14. The number of nitrogens with one attached hydrogen (secondary N) is 1. The van der Waals surface area contributed by atoms with E-state index in [1.54, 1.807) is 0 Å². The lowest BCUT2D eigenvalue weighted by atomic mass is 10.1. The first-order valence-corrected chi connectivity index (χ1v) is 6.60. The molecule has 1 atom stereocenters. The van der Waals surface area contributed by atoms with Gasteiger partial charge in [0.15, 0.2) is 0 Å². The molecular weight excluding hydrogens is 218 g/mol. The van der Waals surface area contributed by atoms with Crippen molar-refractivity contribution in [1.29, 1.82) is 0 Å². The lowest BCUT2D eigenvalue weighted by Crippen LogP contribution is -2.19. The Morgan fingerprint density at radius 2 is 1.81 bits per heavy atom. The fourth-order valence-electron chi connectivity index (χ4n) is 1.74. The van der Waals surface area contributed by atoms with Crippen LogP contribution in [-0.4, -0.2) is 6.54 Å². The van der Waals surface area contributed by atoms with Crippen molar-refractivity contribution in [3.05, 3.63) is 34.9 Å². The van der Waals surface area contributed by atoms with Gasteiger partial charge in [-0.05, 0) is 37.6 Å². The van der Waals surface area contributed by atoms with Crippen molar-refractivity contribution < 1.29 is 0 Å². The summed E-state index contributed by atoms with van der Waals surface area (Å²) in [5.74, 6) is 0. The van der Waals surface area contributed by atoms with E-state index in [1.165, 1.54) is 31.2 Å². The van der Waals surface area contributed by atoms with Crippen LogP contribution in [0.5, 0.6) is 0 Å². The SMILES string of the molecule is CCCCCCN[C@@H](C)c1ccc(Cl)cc1. The third-order valence-electron chi connectivity index (χ3n) is 2.85. The summed E-state index contributed by atoms with van der Waals surface area (Å²) in [5.41, 5.74) is 1.31. The molecule has 1 N–H and O–H groups in total. The second-order valence-electron chi connectivity index (χ2n) is 4.29. The number of hydrogen-bond donors (Lipinski definition) is 1. The first-order valence-electron chi connectivity index (χ1n) is 6.23. The maximum atomic E-state index is 5.86. The molecule has 0 aliphatic carbocycles. The van der Waals surface area contributed by atoms with Crippen LogP contribution in [0, 0.1) is 0 Å². The predicted octanol–water partition coefficient (Wildman–Crippen LogP) is 4.57. The Labute approximate surface area is 104 Å². The second-order valence-corrected chi connectivity index (χ2v) is 4.72. The van der Waals surface area contributed by atoms with Gasteiger partial charge in [0.05, 0.1) is 0 Å². The molecule has 0 aromatic heterocycles. The molecule has 0 saturated carbocycles. The Morgan fingerprint density at radius 1 is 1.12 bits per heavy atom. The average Bonchev–Trinajstić information content (AvgIpc) is 2.29. The first-order chi connectivity index (χ1) is 7.74. The molecule has 16 heavy (non-hydrogen) atoms. The number of hydrogen-bond acceptors (Lipinski definition) is 1. The van der Waals surface area contributed by atoms with Crippen LogP contribution in [-0.2, 0) is 0 Å². The Hall–Kier alpha value is -0.530. The Balaban J connectivity index is 2.24. The molecule has 0 bridgehead atoms. The summed E-state index contributed by atoms with van der Waals surface area (Å²) < 4.78 is 0. The number of rotatable bonds is 7. The number of unbranched alkanes of at least 4 members (excludes halogenated alkanes) is 3. The van der Waals surface area contributed by atoms with Crippen molar-refractivity contribution in [3.8, 4) is 0 Å². The van der Waals surface area contributed by atoms with Gasteiger partial charge in [0.2, 0.25) is 0 Å². The molecule has 0 unspecified atom stereocenters. The second kappa shape index (κ2) is 7.70. The molecule has 1 nitrogen and oxygen atoms in total. The van der Waals surface area contributed by atoms with Crippen LogP contribution in [0.15, 0.2) is 24.3 Å². The molecular formula is C14H22ClN. The smallest absolute Gasteiger partial charge is 0.0406 e. The molecule has 0 radical (unpaired) electrons. The van der Waals surface area contributed by atoms with Crippen molar-refractivity contribution in [2.45, 2.75) is 45.6 Å². The molecule has 90 valence electrons. The highest BCUT2D eigenvalue weighted by Gasteiger charge is 2.03. The quantitative estimate of drug-likeness (QED) is 0.688. The van der Waals surface area contributed by atoms with E-state index >= 15 is 0 Å². The van der Waals surface area contributed by atoms with Gasteiger partial charge >= 0.3 is 0 Å². The Morgan fingerprint density at radius 3 is 2.44 bits per heavy atom. The maximum absolute atomic E-state index is 5.86. The van der Waals surface area contributed by atoms with Crippen molar-refractivity contribution in [2.24, 2.45) is 0 Å². The van der Waals surface area contributed by atoms with Gasteiger partial charge in [-0.2, -0.15) is 0 Å². The van der Waals surface area contributed by atoms with E-state index in [9.17, 15) is 0 Å². The molecule has 0 aliphatic rings. The predicted molar refractivity (Wildman–Crippen MR) is 72.0 cm³/mol. The summed E-state index contributed by atoms with van der Waals surface area (Å²) in [7, 11) is 0. The van der Waals surface area contributed by atoms with Gasteiger partial charge in [0.1, 0.15) is 0 Å². The molecule has 0 aliphatic heterocycles. The molecule has 0 spiro atoms. The zero-order chi connectivity index (χ0) is 11.8. The minimum Gasteiger partial charge on any atom is -0.310 e. The monoisotopic (exact) mass is 239 g/mol. The highest BCUT2D eigenvalue weighted by molar-refractivity contribution is 6.30. The molecule has 0 fully saturated rings. The van der Waals surface area contributed by atoms with Crippen LogP contribution in [0.25, 0.3) is 0 Å². The summed E-state index contributed by atoms with van der Waals surface area (Å²) in [4.78, 5) is 0. The van der Waals surface area contributed by atoms with E-state index in [0.717, 1.165) is 11.6 Å². The molecule has 1 aromatic rings. The molecule has 0 amide bonds. The van der Waals surface area contributed by atoms with Crippen molar-refractivity contribution in [1.82, 2.24) is 5.32 Å². The fourth-order valence-corrected chi connectivity index (χ4v) is 1.87. The minimum atomic E-state index is 0.416. The van der Waals surface area contributed by atoms with Gasteiger partial charge in [0, 0.05) is 11.1 Å². The van der Waals surface area contributed by atoms with Crippen LogP contribution in [0.2, 0.25) is 5.02 Å². The maximum Gasteiger partial charge on any atom is 0.0406 e. The number of benzene rings is 1. The average molecular weight is 240 g/mol. The van der Waals surface area contributed by atoms with Crippen molar-refractivity contribution >= 4 is 11.6 Å². The summed E-state index contributed by atoms with van der Waals surface area (Å²) in [6.45, 7) is 5.54. The van der Waals surface area contributed by atoms with E-state index < -0.39 is 0 Å². The molecule has 0 saturated heterocycles. The van der Waals surface area contributed by atoms with Gasteiger partial charge in [-0.1, -0.05) is 49.9 Å². The molecule has 0 heterocycles. The van der Waals surface area contributed by atoms with Gasteiger partial charge in [-0.25, -0.2) is 0 Å². The van der Waals surface area contributed by atoms with Crippen molar-refractivity contribution in [2.75, 3.05) is 6.54 Å². The third-order valence-corrected chi connectivity index (χ3v) is 3.10. The van der Waals surface area contributed by atoms with E-state index in [2.05, 4.69) is 31.3 Å². The summed E-state index contributed by atoms with van der Waals surface area (Å²) in [6, 6.07) is 8.50. The van der Waals surface area contributed by atoms with Gasteiger partial charge in [-0.3, -0.25) is 0 Å². The Bertz CT molecular complexity index is 281. The van der Waals surface area contributed by atoms with Crippen molar-refractivity contribution in [3.63, 3.8) is 0 Å². The first kappa shape index (κ1) is 13.5. The van der Waals surface area contributed by atoms with E-state index in [-0.39, 0.29) is 0 Å². The van der Waals surface area contributed by atoms with E-state index in [1.807, 2.05) is 12.1 Å². The normalized spacial score (nSPS) is 12.7. The number of halogens is 1. The fraction of sp³-hybridized carbons (Fsp3) is 0.571. The summed E-state index contributed by atoms with van der Waals surface area (Å²) >= 11 is 5.86. The standard InChI is InChI=1S/C14H22ClN/c1-3-4-5-6-11-16-12(2)13-7-9-14(15)10-8-13/h7-10,12,16H,3-6,11H2,1-2H3/t12-/m0/s1. The van der Waals surface area contributed by atoms with Gasteiger partial charge in [-0.15, -0.1) is 0 Å².